The molecule has 1 spiro atoms. The average Bonchev–Trinajstić information content (AvgIpc) is 3.88. The summed E-state index contributed by atoms with van der Waals surface area (Å²) in [6.45, 7) is 7.05. The number of piperidine rings is 1. The largest absolute Gasteiger partial charge is 0.497 e. The summed E-state index contributed by atoms with van der Waals surface area (Å²) in [6, 6.07) is 10.4. The molecule has 10 atom stereocenters. The predicted molar refractivity (Wildman–Crippen MR) is 213 cm³/mol. The number of amides is 1. The van der Waals surface area contributed by atoms with Gasteiger partial charge in [0.1, 0.15) is 17.3 Å². The smallest absolute Gasteiger partial charge is 0.322 e. The molecule has 1 saturated carbocycles. The molecule has 1 aliphatic carbocycles. The number of aromatic nitrogens is 1. The number of carbonyl (C=O) groups is 2. The van der Waals surface area contributed by atoms with E-state index in [0.29, 0.717) is 88.2 Å². The Hall–Kier alpha value is -4.43. The molecule has 57 heavy (non-hydrogen) atoms. The Bertz CT molecular complexity index is 2250. The second-order valence-electron chi connectivity index (χ2n) is 17.6. The van der Waals surface area contributed by atoms with E-state index in [1.54, 1.807) is 14.2 Å². The molecule has 5 aliphatic heterocycles. The van der Waals surface area contributed by atoms with E-state index in [9.17, 15) is 25.6 Å². The van der Waals surface area contributed by atoms with E-state index in [4.69, 9.17) is 9.47 Å². The Morgan fingerprint density at radius 3 is 2.60 bits per heavy atom. The lowest BCUT2D eigenvalue weighted by Gasteiger charge is -2.63. The molecule has 14 nitrogen and oxygen atoms in total. The first-order chi connectivity index (χ1) is 27.3. The molecule has 14 heteroatoms. The number of carbonyl (C=O) groups excluding carboxylic acids is 2. The summed E-state index contributed by atoms with van der Waals surface area (Å²) in [5, 5.41) is 42.2. The molecule has 1 amide bonds. The van der Waals surface area contributed by atoms with E-state index < -0.39 is 57.5 Å². The lowest BCUT2D eigenvalue weighted by atomic mass is 9.46. The number of likely N-dealkylation sites (N-methyl/N-ethyl adjacent to an activating group) is 1. The topological polar surface area (TPSA) is 188 Å². The molecule has 0 radical (unpaired) electrons. The van der Waals surface area contributed by atoms with Crippen LogP contribution in [0.1, 0.15) is 68.3 Å². The number of nitrogens with one attached hydrogen (secondary N) is 1. The van der Waals surface area contributed by atoms with Crippen LogP contribution in [-0.4, -0.2) is 125 Å². The monoisotopic (exact) mass is 779 g/mol. The molecule has 2 saturated heterocycles. The van der Waals surface area contributed by atoms with E-state index in [1.807, 2.05) is 61.2 Å². The minimum absolute atomic E-state index is 0.140. The number of hydrogen-bond donors (Lipinski definition) is 4. The standard InChI is InChI=1S/C43H53N7O7/c1-6-39(54)21-25-22-42(38(53)57-5,33-28(13-17-49(23-25)24-39)27-11-8-9-12-30(27)45-33)29-19-26(56-4)20-31-32(29)41-15-18-50-16-10-14-40(7-2,34(41)50)36(51)43(55,35(41)48(31)3)37(52)46-47-44/h8-12,14,19-20,25,34-36,45,51,54-55H,6-7,13,15-18,21-24H2,1-5H3. The van der Waals surface area contributed by atoms with Crippen molar-refractivity contribution in [3.63, 3.8) is 0 Å². The Morgan fingerprint density at radius 2 is 1.88 bits per heavy atom. The van der Waals surface area contributed by atoms with E-state index in [-0.39, 0.29) is 5.92 Å². The fourth-order valence-corrected chi connectivity index (χ4v) is 13.2. The first-order valence-electron chi connectivity index (χ1n) is 20.3. The van der Waals surface area contributed by atoms with Crippen LogP contribution in [0.5, 0.6) is 5.75 Å². The van der Waals surface area contributed by atoms with Gasteiger partial charge in [-0.1, -0.05) is 44.2 Å². The van der Waals surface area contributed by atoms with Crippen molar-refractivity contribution >= 4 is 28.5 Å². The van der Waals surface area contributed by atoms with Crippen LogP contribution in [0.2, 0.25) is 0 Å². The Kier molecular flexibility index (Phi) is 8.72. The van der Waals surface area contributed by atoms with Crippen molar-refractivity contribution in [3.05, 3.63) is 81.4 Å². The molecule has 3 aromatic rings. The van der Waals surface area contributed by atoms with Gasteiger partial charge in [0.15, 0.2) is 5.60 Å². The number of aromatic amines is 1. The van der Waals surface area contributed by atoms with Gasteiger partial charge in [-0.05, 0) is 90.5 Å². The molecule has 2 aromatic carbocycles. The van der Waals surface area contributed by atoms with Gasteiger partial charge in [0.05, 0.1) is 25.9 Å². The maximum atomic E-state index is 15.5. The van der Waals surface area contributed by atoms with Crippen LogP contribution in [0.4, 0.5) is 5.69 Å². The summed E-state index contributed by atoms with van der Waals surface area (Å²) in [6.07, 6.45) is 5.11. The van der Waals surface area contributed by atoms with Crippen LogP contribution in [0.25, 0.3) is 21.3 Å². The molecule has 2 bridgehead atoms. The average molecular weight is 780 g/mol. The van der Waals surface area contributed by atoms with Crippen molar-refractivity contribution in [2.45, 2.75) is 92.6 Å². The van der Waals surface area contributed by atoms with E-state index >= 15 is 4.79 Å². The summed E-state index contributed by atoms with van der Waals surface area (Å²) in [5.41, 5.74) is 7.08. The number of H-pyrrole nitrogens is 1. The zero-order chi connectivity index (χ0) is 40.3. The zero-order valence-corrected chi connectivity index (χ0v) is 33.4. The number of anilines is 1. The van der Waals surface area contributed by atoms with Crippen LogP contribution in [-0.2, 0) is 31.6 Å². The van der Waals surface area contributed by atoms with Gasteiger partial charge in [0, 0.05) is 83.4 Å². The molecular formula is C43H53N7O7. The van der Waals surface area contributed by atoms with Crippen molar-refractivity contribution in [1.29, 1.82) is 0 Å². The van der Waals surface area contributed by atoms with Crippen molar-refractivity contribution < 1.29 is 34.4 Å². The van der Waals surface area contributed by atoms with Gasteiger partial charge in [-0.2, -0.15) is 0 Å². The van der Waals surface area contributed by atoms with Gasteiger partial charge in [-0.3, -0.25) is 19.4 Å². The third-order valence-electron chi connectivity index (χ3n) is 15.3. The summed E-state index contributed by atoms with van der Waals surface area (Å²) in [7, 11) is 4.79. The van der Waals surface area contributed by atoms with Crippen LogP contribution in [0.3, 0.4) is 0 Å². The predicted octanol–water partition coefficient (Wildman–Crippen LogP) is 4.08. The van der Waals surface area contributed by atoms with Crippen LogP contribution < -0.4 is 9.64 Å². The summed E-state index contributed by atoms with van der Waals surface area (Å²) in [4.78, 5) is 42.9. The summed E-state index contributed by atoms with van der Waals surface area (Å²) < 4.78 is 12.1. The summed E-state index contributed by atoms with van der Waals surface area (Å²) >= 11 is 0. The third-order valence-corrected chi connectivity index (χ3v) is 15.3. The molecule has 302 valence electrons. The number of methoxy groups -OCH3 is 2. The number of hydrogen-bond acceptors (Lipinski definition) is 10. The number of rotatable bonds is 6. The van der Waals surface area contributed by atoms with Crippen LogP contribution in [0.15, 0.2) is 53.7 Å². The number of ether oxygens (including phenoxy) is 2. The Labute approximate surface area is 332 Å². The van der Waals surface area contributed by atoms with Gasteiger partial charge in [0.25, 0.3) is 5.91 Å². The minimum Gasteiger partial charge on any atom is -0.497 e. The van der Waals surface area contributed by atoms with E-state index in [0.717, 1.165) is 27.7 Å². The highest BCUT2D eigenvalue weighted by molar-refractivity contribution is 5.96. The van der Waals surface area contributed by atoms with Crippen molar-refractivity contribution in [1.82, 2.24) is 14.8 Å². The first kappa shape index (κ1) is 38.1. The molecule has 3 fully saturated rings. The highest BCUT2D eigenvalue weighted by Gasteiger charge is 2.79. The number of fused-ring (bicyclic) bond motifs is 6. The van der Waals surface area contributed by atoms with Gasteiger partial charge in [-0.15, -0.1) is 0 Å². The number of azide groups is 1. The fourth-order valence-electron chi connectivity index (χ4n) is 13.2. The third kappa shape index (κ3) is 4.79. The van der Waals surface area contributed by atoms with Gasteiger partial charge in [-0.25, -0.2) is 0 Å². The molecule has 4 N–H and O–H groups in total. The number of para-hydroxylation sites is 1. The van der Waals surface area contributed by atoms with E-state index in [1.165, 1.54) is 7.11 Å². The molecule has 6 aliphatic rings. The zero-order valence-electron chi connectivity index (χ0n) is 33.4. The van der Waals surface area contributed by atoms with Crippen molar-refractivity contribution in [2.24, 2.45) is 16.4 Å². The maximum Gasteiger partial charge on any atom is 0.322 e. The Morgan fingerprint density at radius 1 is 1.09 bits per heavy atom. The van der Waals surface area contributed by atoms with E-state index in [2.05, 4.69) is 30.9 Å². The lowest BCUT2D eigenvalue weighted by Crippen LogP contribution is -2.80. The highest BCUT2D eigenvalue weighted by atomic mass is 16.5. The molecular weight excluding hydrogens is 727 g/mol. The SMILES string of the molecule is CCC1(O)CC2CN(CCc3c([nH]c4ccccc34)C(C(=O)OC)(c3cc(OC)cc4c3C35CCN6CC=CC(CC)(C(O)C(O)(C(=O)N=[N+]=[N-])C3N4C)C65)C2)C1. The number of aliphatic hydroxyl groups excluding tert-OH is 1. The molecule has 10 unspecified atom stereocenters. The molecule has 9 rings (SSSR count). The second kappa shape index (κ2) is 13.0. The lowest BCUT2D eigenvalue weighted by molar-refractivity contribution is -0.201. The normalized spacial score (nSPS) is 37.8. The van der Waals surface area contributed by atoms with Gasteiger partial charge < -0.3 is 34.7 Å². The molecule has 6 heterocycles. The van der Waals surface area contributed by atoms with Crippen molar-refractivity contribution in [3.8, 4) is 5.75 Å². The second-order valence-corrected chi connectivity index (χ2v) is 17.6. The number of nitrogens with zero attached hydrogens (tertiary/aromatic N) is 6. The number of benzene rings is 2. The summed E-state index contributed by atoms with van der Waals surface area (Å²) in [5.74, 6) is -1.29. The Balaban J connectivity index is 1.43. The van der Waals surface area contributed by atoms with Crippen LogP contribution in [0, 0.1) is 11.3 Å². The quantitative estimate of drug-likeness (QED) is 0.0934. The van der Waals surface area contributed by atoms with Crippen LogP contribution >= 0.6 is 0 Å². The number of esters is 1. The minimum atomic E-state index is -2.54. The van der Waals surface area contributed by atoms with Gasteiger partial charge in [0.2, 0.25) is 0 Å². The van der Waals surface area contributed by atoms with Gasteiger partial charge >= 0.3 is 5.97 Å². The fraction of sp³-hybridized carbons (Fsp3) is 0.581. The van der Waals surface area contributed by atoms with Crippen molar-refractivity contribution in [2.75, 3.05) is 58.9 Å². The first-order valence-corrected chi connectivity index (χ1v) is 20.3. The maximum absolute atomic E-state index is 15.5. The molecule has 1 aromatic heterocycles. The highest BCUT2D eigenvalue weighted by Crippen LogP contribution is 2.69. The number of aliphatic hydroxyl groups is 3.